The molecule has 1 aliphatic rings. The van der Waals surface area contributed by atoms with Crippen LogP contribution in [0.5, 0.6) is 11.5 Å². The second-order valence-corrected chi connectivity index (χ2v) is 6.71. The molecule has 6 nitrogen and oxygen atoms in total. The highest BCUT2D eigenvalue weighted by atomic mass is 35.5. The zero-order valence-electron chi connectivity index (χ0n) is 15.8. The number of ether oxygens (including phenoxy) is 3. The van der Waals surface area contributed by atoms with Gasteiger partial charge in [0.25, 0.3) is 0 Å². The van der Waals surface area contributed by atoms with Crippen LogP contribution in [0, 0.1) is 0 Å². The number of aromatic nitrogens is 2. The molecular weight excluding hydrogens is 380 g/mol. The van der Waals surface area contributed by atoms with Gasteiger partial charge >= 0.3 is 0 Å². The third-order valence-corrected chi connectivity index (χ3v) is 4.78. The van der Waals surface area contributed by atoms with Crippen molar-refractivity contribution in [3.05, 3.63) is 54.4 Å². The molecule has 0 aliphatic carbocycles. The molecule has 0 radical (unpaired) electrons. The number of halogens is 1. The lowest BCUT2D eigenvalue weighted by atomic mass is 10.2. The quantitative estimate of drug-likeness (QED) is 0.649. The predicted octanol–water partition coefficient (Wildman–Crippen LogP) is 3.76. The smallest absolute Gasteiger partial charge is 0.139 e. The maximum Gasteiger partial charge on any atom is 0.139 e. The Kier molecular flexibility index (Phi) is 6.78. The number of fused-ring (bicyclic) bond motifs is 1. The predicted molar refractivity (Wildman–Crippen MR) is 109 cm³/mol. The van der Waals surface area contributed by atoms with Gasteiger partial charge < -0.3 is 23.9 Å². The molecule has 0 spiro atoms. The molecule has 2 unspecified atom stereocenters. The van der Waals surface area contributed by atoms with Crippen LogP contribution in [-0.2, 0) is 11.3 Å². The number of para-hydroxylation sites is 2. The fourth-order valence-corrected chi connectivity index (χ4v) is 3.46. The van der Waals surface area contributed by atoms with E-state index in [9.17, 15) is 5.11 Å². The molecule has 1 aromatic heterocycles. The molecule has 1 fully saturated rings. The molecule has 3 aromatic rings. The fourth-order valence-electron chi connectivity index (χ4n) is 3.46. The SMILES string of the molecule is COc1cccc(OCC(O)Cn2c(C3CCCO3)nc3ccccc32)c1.Cl. The minimum Gasteiger partial charge on any atom is -0.497 e. The van der Waals surface area contributed by atoms with Crippen molar-refractivity contribution in [3.63, 3.8) is 0 Å². The molecule has 0 amide bonds. The van der Waals surface area contributed by atoms with Gasteiger partial charge in [0.15, 0.2) is 0 Å². The van der Waals surface area contributed by atoms with Gasteiger partial charge in [-0.1, -0.05) is 18.2 Å². The normalized spacial score (nSPS) is 17.3. The Hall–Kier alpha value is -2.28. The standard InChI is InChI=1S/C21H24N2O4.ClH/c1-25-16-6-4-7-17(12-16)27-14-15(24)13-23-19-9-3-2-8-18(19)22-21(23)20-10-5-11-26-20;/h2-4,6-9,12,15,20,24H,5,10-11,13-14H2,1H3;1H. The van der Waals surface area contributed by atoms with E-state index < -0.39 is 6.10 Å². The highest BCUT2D eigenvalue weighted by Crippen LogP contribution is 2.30. The van der Waals surface area contributed by atoms with Crippen molar-refractivity contribution >= 4 is 23.4 Å². The van der Waals surface area contributed by atoms with Crippen molar-refractivity contribution in [1.82, 2.24) is 9.55 Å². The Labute approximate surface area is 170 Å². The zero-order chi connectivity index (χ0) is 18.6. The van der Waals surface area contributed by atoms with Crippen molar-refractivity contribution in [2.45, 2.75) is 31.6 Å². The van der Waals surface area contributed by atoms with Crippen LogP contribution in [-0.4, -0.2) is 41.1 Å². The number of hydrogen-bond donors (Lipinski definition) is 1. The van der Waals surface area contributed by atoms with Crippen LogP contribution >= 0.6 is 12.4 Å². The average Bonchev–Trinajstić information content (AvgIpc) is 3.35. The van der Waals surface area contributed by atoms with Crippen molar-refractivity contribution in [3.8, 4) is 11.5 Å². The molecule has 0 bridgehead atoms. The van der Waals surface area contributed by atoms with Gasteiger partial charge in [-0.15, -0.1) is 12.4 Å². The molecule has 7 heteroatoms. The van der Waals surface area contributed by atoms with Crippen molar-refractivity contribution in [2.75, 3.05) is 20.3 Å². The van der Waals surface area contributed by atoms with Crippen LogP contribution in [0.1, 0.15) is 24.8 Å². The van der Waals surface area contributed by atoms with Crippen LogP contribution in [0.4, 0.5) is 0 Å². The first kappa shape index (κ1) is 20.5. The summed E-state index contributed by atoms with van der Waals surface area (Å²) in [6.07, 6.45) is 1.31. The maximum absolute atomic E-state index is 10.6. The number of imidazole rings is 1. The molecule has 1 N–H and O–H groups in total. The second kappa shape index (κ2) is 9.28. The lowest BCUT2D eigenvalue weighted by molar-refractivity contribution is 0.0805. The Morgan fingerprint density at radius 2 is 2.04 bits per heavy atom. The van der Waals surface area contributed by atoms with Crippen LogP contribution in [0.3, 0.4) is 0 Å². The number of aliphatic hydroxyl groups is 1. The number of methoxy groups -OCH3 is 1. The van der Waals surface area contributed by atoms with Gasteiger partial charge in [0.05, 0.1) is 24.7 Å². The summed E-state index contributed by atoms with van der Waals surface area (Å²) in [6, 6.07) is 15.3. The molecular formula is C21H25ClN2O4. The fraction of sp³-hybridized carbons (Fsp3) is 0.381. The third-order valence-electron chi connectivity index (χ3n) is 4.78. The summed E-state index contributed by atoms with van der Waals surface area (Å²) in [5.41, 5.74) is 1.92. The van der Waals surface area contributed by atoms with Crippen molar-refractivity contribution < 1.29 is 19.3 Å². The van der Waals surface area contributed by atoms with Gasteiger partial charge in [0.2, 0.25) is 0 Å². The summed E-state index contributed by atoms with van der Waals surface area (Å²) in [5.74, 6) is 2.28. The largest absolute Gasteiger partial charge is 0.497 e. The van der Waals surface area contributed by atoms with Crippen LogP contribution in [0.15, 0.2) is 48.5 Å². The average molecular weight is 405 g/mol. The molecule has 28 heavy (non-hydrogen) atoms. The van der Waals surface area contributed by atoms with Crippen LogP contribution in [0.2, 0.25) is 0 Å². The van der Waals surface area contributed by atoms with E-state index in [1.807, 2.05) is 42.5 Å². The Morgan fingerprint density at radius 3 is 2.82 bits per heavy atom. The minimum absolute atomic E-state index is 0. The van der Waals surface area contributed by atoms with Crippen molar-refractivity contribution in [1.29, 1.82) is 0 Å². The summed E-state index contributed by atoms with van der Waals surface area (Å²) in [4.78, 5) is 4.76. The lowest BCUT2D eigenvalue weighted by Gasteiger charge is -2.18. The highest BCUT2D eigenvalue weighted by molar-refractivity contribution is 5.85. The van der Waals surface area contributed by atoms with Gasteiger partial charge in [-0.2, -0.15) is 0 Å². The summed E-state index contributed by atoms with van der Waals surface area (Å²) >= 11 is 0. The Morgan fingerprint density at radius 1 is 1.21 bits per heavy atom. The zero-order valence-corrected chi connectivity index (χ0v) is 16.6. The second-order valence-electron chi connectivity index (χ2n) is 6.71. The van der Waals surface area contributed by atoms with Gasteiger partial charge in [-0.05, 0) is 37.1 Å². The molecule has 0 saturated carbocycles. The number of nitrogens with zero attached hydrogens (tertiary/aromatic N) is 2. The number of rotatable bonds is 7. The van der Waals surface area contributed by atoms with E-state index in [1.54, 1.807) is 13.2 Å². The minimum atomic E-state index is -0.672. The van der Waals surface area contributed by atoms with E-state index in [-0.39, 0.29) is 25.1 Å². The Bertz CT molecular complexity index is 908. The number of hydrogen-bond acceptors (Lipinski definition) is 5. The Balaban J connectivity index is 0.00000225. The first-order valence-corrected chi connectivity index (χ1v) is 9.26. The van der Waals surface area contributed by atoms with Gasteiger partial charge in [0, 0.05) is 12.7 Å². The molecule has 2 atom stereocenters. The highest BCUT2D eigenvalue weighted by Gasteiger charge is 2.25. The molecule has 4 rings (SSSR count). The number of aliphatic hydroxyl groups excluding tert-OH is 1. The van der Waals surface area contributed by atoms with Gasteiger partial charge in [-0.25, -0.2) is 4.98 Å². The summed E-state index contributed by atoms with van der Waals surface area (Å²) in [7, 11) is 1.62. The van der Waals surface area contributed by atoms with Crippen LogP contribution < -0.4 is 9.47 Å². The van der Waals surface area contributed by atoms with Crippen molar-refractivity contribution in [2.24, 2.45) is 0 Å². The maximum atomic E-state index is 10.6. The van der Waals surface area contributed by atoms with E-state index in [1.165, 1.54) is 0 Å². The monoisotopic (exact) mass is 404 g/mol. The van der Waals surface area contributed by atoms with Gasteiger partial charge in [0.1, 0.15) is 36.1 Å². The first-order valence-electron chi connectivity index (χ1n) is 9.26. The molecule has 2 aromatic carbocycles. The third kappa shape index (κ3) is 4.41. The van der Waals surface area contributed by atoms with E-state index in [2.05, 4.69) is 4.57 Å². The van der Waals surface area contributed by atoms with E-state index in [0.717, 1.165) is 42.1 Å². The van der Waals surface area contributed by atoms with E-state index in [4.69, 9.17) is 19.2 Å². The molecule has 1 saturated heterocycles. The van der Waals surface area contributed by atoms with E-state index >= 15 is 0 Å². The first-order chi connectivity index (χ1) is 13.2. The molecule has 150 valence electrons. The summed E-state index contributed by atoms with van der Waals surface area (Å²) < 4.78 is 18.8. The number of benzene rings is 2. The molecule has 2 heterocycles. The van der Waals surface area contributed by atoms with E-state index in [0.29, 0.717) is 12.3 Å². The lowest BCUT2D eigenvalue weighted by Crippen LogP contribution is -2.25. The van der Waals surface area contributed by atoms with Gasteiger partial charge in [-0.3, -0.25) is 0 Å². The molecule has 1 aliphatic heterocycles. The summed E-state index contributed by atoms with van der Waals surface area (Å²) in [5, 5.41) is 10.6. The topological polar surface area (TPSA) is 65.7 Å². The summed E-state index contributed by atoms with van der Waals surface area (Å²) in [6.45, 7) is 1.35. The van der Waals surface area contributed by atoms with Crippen LogP contribution in [0.25, 0.3) is 11.0 Å².